The Labute approximate surface area is 188 Å². The molecule has 1 aromatic heterocycles. The molecule has 1 aliphatic rings. The Morgan fingerprint density at radius 1 is 1.00 bits per heavy atom. The lowest BCUT2D eigenvalue weighted by Crippen LogP contribution is -2.30. The highest BCUT2D eigenvalue weighted by molar-refractivity contribution is 5.88. The molecule has 0 saturated heterocycles. The Morgan fingerprint density at radius 2 is 1.72 bits per heavy atom. The molecule has 1 fully saturated rings. The number of H-pyrrole nitrogens is 1. The van der Waals surface area contributed by atoms with Crippen molar-refractivity contribution in [1.82, 2.24) is 9.97 Å². The normalized spacial score (nSPS) is 16.0. The monoisotopic (exact) mass is 437 g/mol. The molecule has 1 aliphatic carbocycles. The summed E-state index contributed by atoms with van der Waals surface area (Å²) in [5.74, 6) is 2.24. The summed E-state index contributed by atoms with van der Waals surface area (Å²) in [6.07, 6.45) is 4.54. The molecular weight excluding hydrogens is 406 g/mol. The molecule has 1 saturated carbocycles. The average molecular weight is 438 g/mol. The number of benzene rings is 2. The van der Waals surface area contributed by atoms with Gasteiger partial charge in [-0.05, 0) is 43.2 Å². The van der Waals surface area contributed by atoms with Crippen molar-refractivity contribution in [1.29, 1.82) is 0 Å². The number of nitrogens with zero attached hydrogens (tertiary/aromatic N) is 1. The molecule has 2 aromatic carbocycles. The van der Waals surface area contributed by atoms with Gasteiger partial charge in [-0.25, -0.2) is 4.98 Å². The van der Waals surface area contributed by atoms with Crippen LogP contribution in [-0.2, 0) is 0 Å². The van der Waals surface area contributed by atoms with Crippen LogP contribution < -0.4 is 25.1 Å². The van der Waals surface area contributed by atoms with E-state index in [0.717, 1.165) is 29.8 Å². The molecule has 0 amide bonds. The Balaban J connectivity index is 1.78. The first-order valence-electron chi connectivity index (χ1n) is 10.9. The van der Waals surface area contributed by atoms with Crippen molar-refractivity contribution in [3.8, 4) is 28.6 Å². The smallest absolute Gasteiger partial charge is 0.262 e. The highest BCUT2D eigenvalue weighted by Crippen LogP contribution is 2.38. The number of hydrogen-bond acceptors (Lipinski definition) is 6. The molecular formula is C25H31N3O4. The third kappa shape index (κ3) is 4.38. The summed E-state index contributed by atoms with van der Waals surface area (Å²) in [5, 5.41) is 4.08. The first-order valence-corrected chi connectivity index (χ1v) is 10.9. The third-order valence-electron chi connectivity index (χ3n) is 6.38. The number of hydrogen-bond donors (Lipinski definition) is 2. The molecule has 7 heteroatoms. The Kier molecular flexibility index (Phi) is 6.00. The molecule has 170 valence electrons. The topological polar surface area (TPSA) is 85.5 Å². The number of nitrogens with one attached hydrogen (secondary N) is 2. The summed E-state index contributed by atoms with van der Waals surface area (Å²) < 4.78 is 16.2. The van der Waals surface area contributed by atoms with Gasteiger partial charge in [0, 0.05) is 35.5 Å². The molecule has 0 unspecified atom stereocenters. The van der Waals surface area contributed by atoms with Gasteiger partial charge < -0.3 is 24.5 Å². The first kappa shape index (κ1) is 22.0. The van der Waals surface area contributed by atoms with Crippen LogP contribution in [0.15, 0.2) is 35.1 Å². The van der Waals surface area contributed by atoms with Crippen LogP contribution >= 0.6 is 0 Å². The molecule has 3 aromatic rings. The average Bonchev–Trinajstić information content (AvgIpc) is 2.79. The van der Waals surface area contributed by atoms with E-state index >= 15 is 0 Å². The van der Waals surface area contributed by atoms with Gasteiger partial charge in [-0.3, -0.25) is 4.79 Å². The van der Waals surface area contributed by atoms with Gasteiger partial charge in [0.25, 0.3) is 5.56 Å². The zero-order valence-electron chi connectivity index (χ0n) is 19.4. The van der Waals surface area contributed by atoms with Gasteiger partial charge in [-0.1, -0.05) is 13.8 Å². The van der Waals surface area contributed by atoms with Gasteiger partial charge in [0.2, 0.25) is 0 Å². The molecule has 0 atom stereocenters. The number of aromatic amines is 1. The standard InChI is InChI=1S/C25H31N3O4/c1-25(2)10-8-15(9-11-25)26-19-12-16(30-3)6-7-18(19)23-27-20-13-17(31-4)14-21(32-5)22(20)24(29)28-23/h6-7,12-15,26H,8-11H2,1-5H3,(H,27,28,29). The SMILES string of the molecule is COc1ccc(-c2nc3cc(OC)cc(OC)c3c(=O)[nH]2)c(NC2CCC(C)(C)CC2)c1. The Bertz CT molecular complexity index is 1180. The van der Waals surface area contributed by atoms with Crippen LogP contribution in [0.1, 0.15) is 39.5 Å². The zero-order valence-corrected chi connectivity index (χ0v) is 19.4. The maximum absolute atomic E-state index is 13.0. The number of anilines is 1. The second-order valence-electron chi connectivity index (χ2n) is 9.13. The molecule has 2 N–H and O–H groups in total. The van der Waals surface area contributed by atoms with Crippen molar-refractivity contribution in [3.05, 3.63) is 40.7 Å². The van der Waals surface area contributed by atoms with E-state index in [-0.39, 0.29) is 5.56 Å². The quantitative estimate of drug-likeness (QED) is 0.565. The van der Waals surface area contributed by atoms with Crippen LogP contribution in [0.25, 0.3) is 22.3 Å². The van der Waals surface area contributed by atoms with Crippen molar-refractivity contribution in [3.63, 3.8) is 0 Å². The summed E-state index contributed by atoms with van der Waals surface area (Å²) in [6.45, 7) is 4.65. The fraction of sp³-hybridized carbons (Fsp3) is 0.440. The maximum atomic E-state index is 13.0. The van der Waals surface area contributed by atoms with Gasteiger partial charge in [0.05, 0.1) is 26.8 Å². The summed E-state index contributed by atoms with van der Waals surface area (Å²) in [4.78, 5) is 20.7. The van der Waals surface area contributed by atoms with Gasteiger partial charge in [-0.2, -0.15) is 0 Å². The molecule has 32 heavy (non-hydrogen) atoms. The summed E-state index contributed by atoms with van der Waals surface area (Å²) in [6, 6.07) is 9.56. The Hall–Kier alpha value is -3.22. The van der Waals surface area contributed by atoms with Crippen molar-refractivity contribution >= 4 is 16.6 Å². The molecule has 4 rings (SSSR count). The van der Waals surface area contributed by atoms with Gasteiger partial charge >= 0.3 is 0 Å². The van der Waals surface area contributed by atoms with E-state index < -0.39 is 0 Å². The van der Waals surface area contributed by atoms with E-state index in [0.29, 0.717) is 39.7 Å². The first-order chi connectivity index (χ1) is 15.3. The highest BCUT2D eigenvalue weighted by atomic mass is 16.5. The van der Waals surface area contributed by atoms with Crippen LogP contribution in [0.5, 0.6) is 17.2 Å². The van der Waals surface area contributed by atoms with Crippen LogP contribution in [-0.4, -0.2) is 37.3 Å². The minimum atomic E-state index is -0.259. The number of methoxy groups -OCH3 is 3. The predicted octanol–water partition coefficient (Wildman–Crippen LogP) is 5.00. The van der Waals surface area contributed by atoms with E-state index in [2.05, 4.69) is 24.1 Å². The van der Waals surface area contributed by atoms with E-state index in [1.54, 1.807) is 26.4 Å². The lowest BCUT2D eigenvalue weighted by molar-refractivity contribution is 0.232. The van der Waals surface area contributed by atoms with E-state index in [1.807, 2.05) is 18.2 Å². The number of ether oxygens (including phenoxy) is 3. The predicted molar refractivity (Wildman–Crippen MR) is 127 cm³/mol. The summed E-state index contributed by atoms with van der Waals surface area (Å²) in [5.41, 5.74) is 2.35. The number of rotatable bonds is 6. The van der Waals surface area contributed by atoms with Crippen LogP contribution in [0.4, 0.5) is 5.69 Å². The van der Waals surface area contributed by atoms with Crippen molar-refractivity contribution < 1.29 is 14.2 Å². The van der Waals surface area contributed by atoms with Crippen molar-refractivity contribution in [2.75, 3.05) is 26.6 Å². The van der Waals surface area contributed by atoms with E-state index in [9.17, 15) is 4.79 Å². The molecule has 0 spiro atoms. The fourth-order valence-electron chi connectivity index (χ4n) is 4.36. The lowest BCUT2D eigenvalue weighted by Gasteiger charge is -2.35. The highest BCUT2D eigenvalue weighted by Gasteiger charge is 2.27. The molecule has 1 heterocycles. The molecule has 0 radical (unpaired) electrons. The summed E-state index contributed by atoms with van der Waals surface area (Å²) >= 11 is 0. The second kappa shape index (κ2) is 8.73. The molecule has 7 nitrogen and oxygen atoms in total. The molecule has 0 bridgehead atoms. The Morgan fingerprint density at radius 3 is 2.38 bits per heavy atom. The van der Waals surface area contributed by atoms with Gasteiger partial charge in [0.15, 0.2) is 0 Å². The van der Waals surface area contributed by atoms with E-state index in [4.69, 9.17) is 19.2 Å². The summed E-state index contributed by atoms with van der Waals surface area (Å²) in [7, 11) is 4.75. The fourth-order valence-corrected chi connectivity index (χ4v) is 4.36. The van der Waals surface area contributed by atoms with Crippen molar-refractivity contribution in [2.45, 2.75) is 45.6 Å². The van der Waals surface area contributed by atoms with E-state index in [1.165, 1.54) is 20.0 Å². The van der Waals surface area contributed by atoms with Crippen LogP contribution in [0, 0.1) is 5.41 Å². The lowest BCUT2D eigenvalue weighted by atomic mass is 9.75. The van der Waals surface area contributed by atoms with Gasteiger partial charge in [0.1, 0.15) is 28.5 Å². The largest absolute Gasteiger partial charge is 0.497 e. The van der Waals surface area contributed by atoms with Crippen LogP contribution in [0.3, 0.4) is 0 Å². The zero-order chi connectivity index (χ0) is 22.9. The molecule has 0 aliphatic heterocycles. The van der Waals surface area contributed by atoms with Crippen LogP contribution in [0.2, 0.25) is 0 Å². The second-order valence-corrected chi connectivity index (χ2v) is 9.13. The number of fused-ring (bicyclic) bond motifs is 1. The minimum Gasteiger partial charge on any atom is -0.497 e. The van der Waals surface area contributed by atoms with Crippen molar-refractivity contribution in [2.24, 2.45) is 5.41 Å². The number of aromatic nitrogens is 2. The third-order valence-corrected chi connectivity index (χ3v) is 6.38. The van der Waals surface area contributed by atoms with Gasteiger partial charge in [-0.15, -0.1) is 0 Å². The maximum Gasteiger partial charge on any atom is 0.262 e. The minimum absolute atomic E-state index is 0.259.